The summed E-state index contributed by atoms with van der Waals surface area (Å²) in [4.78, 5) is 4.07. The predicted octanol–water partition coefficient (Wildman–Crippen LogP) is 7.36. The van der Waals surface area contributed by atoms with Gasteiger partial charge >= 0.3 is 0 Å². The maximum Gasteiger partial charge on any atom is 0.269 e. The smallest absolute Gasteiger partial charge is 0.269 e. The highest BCUT2D eigenvalue weighted by atomic mass is 35.5. The topological polar surface area (TPSA) is 75.2 Å². The lowest BCUT2D eigenvalue weighted by Gasteiger charge is -2.52. The molecule has 7 nitrogen and oxygen atoms in total. The van der Waals surface area contributed by atoms with E-state index in [9.17, 15) is 4.39 Å². The van der Waals surface area contributed by atoms with E-state index in [1.165, 1.54) is 19.0 Å². The molecule has 5 fully saturated rings. The molecule has 8 rings (SSSR count). The molecule has 0 spiro atoms. The predicted molar refractivity (Wildman–Crippen MR) is 140 cm³/mol. The first-order valence-corrected chi connectivity index (χ1v) is 14.5. The lowest BCUT2D eigenvalue weighted by atomic mass is 9.59. The van der Waals surface area contributed by atoms with Crippen molar-refractivity contribution < 1.29 is 18.4 Å². The molecule has 0 atom stereocenters. The van der Waals surface area contributed by atoms with Gasteiger partial charge in [-0.2, -0.15) is 4.39 Å². The molecule has 5 aliphatic rings. The van der Waals surface area contributed by atoms with Crippen LogP contribution in [0.25, 0.3) is 11.3 Å². The second-order valence-corrected chi connectivity index (χ2v) is 12.6. The Morgan fingerprint density at radius 2 is 1.74 bits per heavy atom. The zero-order valence-corrected chi connectivity index (χ0v) is 22.7. The van der Waals surface area contributed by atoms with Gasteiger partial charge in [-0.1, -0.05) is 28.4 Å². The average molecular weight is 561 g/mol. The lowest BCUT2D eigenvalue weighted by Crippen LogP contribution is -2.49. The highest BCUT2D eigenvalue weighted by Gasteiger charge is 2.50. The summed E-state index contributed by atoms with van der Waals surface area (Å²) < 4.78 is 34.6. The molecule has 0 amide bonds. The van der Waals surface area contributed by atoms with E-state index in [1.807, 2.05) is 0 Å². The van der Waals surface area contributed by atoms with Crippen LogP contribution in [0.15, 0.2) is 23.1 Å². The number of aromatic nitrogens is 4. The third-order valence-corrected chi connectivity index (χ3v) is 9.63. The Labute approximate surface area is 231 Å². The number of pyridine rings is 1. The minimum Gasteiger partial charge on any atom is -0.474 e. The monoisotopic (exact) mass is 560 g/mol. The summed E-state index contributed by atoms with van der Waals surface area (Å²) in [5.74, 6) is 1.68. The molecule has 0 N–H and O–H groups in total. The van der Waals surface area contributed by atoms with Crippen LogP contribution in [-0.4, -0.2) is 32.1 Å². The van der Waals surface area contributed by atoms with Gasteiger partial charge in [0.2, 0.25) is 5.82 Å². The Bertz CT molecular complexity index is 1310. The molecule has 0 aromatic carbocycles. The minimum atomic E-state index is -0.364. The molecule has 3 heterocycles. The standard InChI is InChI=1S/C28H31Cl2FN4O3/c29-20-11-32-12-21(30)23(20)24-19(25(38-34-24)18-3-4-18)15-37-28-8-5-27(6-9-28,7-10-28)16-36-26-22(31)14-35(33-26)13-17-1-2-17/h11-12,14,17-18H,1-10,13,15-16H2. The molecule has 38 heavy (non-hydrogen) atoms. The highest BCUT2D eigenvalue weighted by Crippen LogP contribution is 2.55. The van der Waals surface area contributed by atoms with Gasteiger partial charge in [0.1, 0.15) is 11.5 Å². The Morgan fingerprint density at radius 3 is 2.39 bits per heavy atom. The van der Waals surface area contributed by atoms with Crippen molar-refractivity contribution >= 4 is 23.2 Å². The number of hydrogen-bond acceptors (Lipinski definition) is 6. The van der Waals surface area contributed by atoms with Crippen LogP contribution in [0.2, 0.25) is 10.0 Å². The van der Waals surface area contributed by atoms with Gasteiger partial charge in [0.05, 0.1) is 35.1 Å². The zero-order chi connectivity index (χ0) is 25.9. The van der Waals surface area contributed by atoms with Gasteiger partial charge in [0.15, 0.2) is 0 Å². The van der Waals surface area contributed by atoms with Crippen molar-refractivity contribution in [2.75, 3.05) is 6.61 Å². The summed E-state index contributed by atoms with van der Waals surface area (Å²) in [6.45, 7) is 1.69. The molecule has 5 aliphatic carbocycles. The van der Waals surface area contributed by atoms with Gasteiger partial charge in [0, 0.05) is 41.4 Å². The highest BCUT2D eigenvalue weighted by molar-refractivity contribution is 6.38. The van der Waals surface area contributed by atoms with Crippen LogP contribution >= 0.6 is 23.2 Å². The molecule has 10 heteroatoms. The fourth-order valence-corrected chi connectivity index (χ4v) is 6.75. The minimum absolute atomic E-state index is 0.0530. The van der Waals surface area contributed by atoms with Crippen LogP contribution in [0.5, 0.6) is 5.88 Å². The Morgan fingerprint density at radius 1 is 1.03 bits per heavy atom. The zero-order valence-electron chi connectivity index (χ0n) is 21.2. The number of hydrogen-bond donors (Lipinski definition) is 0. The van der Waals surface area contributed by atoms with Gasteiger partial charge in [-0.05, 0) is 70.1 Å². The Hall–Kier alpha value is -2.16. The summed E-state index contributed by atoms with van der Waals surface area (Å²) in [5, 5.41) is 9.62. The van der Waals surface area contributed by atoms with Crippen LogP contribution in [0.3, 0.4) is 0 Å². The van der Waals surface area contributed by atoms with Crippen molar-refractivity contribution in [3.63, 3.8) is 0 Å². The van der Waals surface area contributed by atoms with E-state index in [4.69, 9.17) is 37.2 Å². The van der Waals surface area contributed by atoms with Crippen molar-refractivity contribution in [1.29, 1.82) is 0 Å². The third kappa shape index (κ3) is 4.73. The first-order chi connectivity index (χ1) is 18.4. The molecular weight excluding hydrogens is 530 g/mol. The van der Waals surface area contributed by atoms with Crippen molar-refractivity contribution in [3.8, 4) is 17.1 Å². The number of ether oxygens (including phenoxy) is 2. The molecule has 0 saturated heterocycles. The largest absolute Gasteiger partial charge is 0.474 e. The van der Waals surface area contributed by atoms with Gasteiger partial charge < -0.3 is 14.0 Å². The normalized spacial score (nSPS) is 26.7. The molecule has 3 aromatic heterocycles. The number of fused-ring (bicyclic) bond motifs is 3. The first kappa shape index (κ1) is 24.9. The third-order valence-electron chi connectivity index (χ3n) is 9.06. The summed E-state index contributed by atoms with van der Waals surface area (Å²) in [6.07, 6.45) is 15.0. The summed E-state index contributed by atoms with van der Waals surface area (Å²) in [5.41, 5.74) is 2.11. The van der Waals surface area contributed by atoms with Crippen molar-refractivity contribution in [1.82, 2.24) is 19.9 Å². The molecule has 2 bridgehead atoms. The SMILES string of the molecule is Fc1cn(CC2CC2)nc1OCC12CCC(OCc3c(-c4c(Cl)cncc4Cl)noc3C3CC3)(CC1)CC2. The Kier molecular flexibility index (Phi) is 6.21. The maximum absolute atomic E-state index is 14.4. The Balaban J connectivity index is 1.02. The second kappa shape index (κ2) is 9.49. The number of rotatable bonds is 10. The van der Waals surface area contributed by atoms with Crippen LogP contribution < -0.4 is 4.74 Å². The van der Waals surface area contributed by atoms with E-state index < -0.39 is 0 Å². The lowest BCUT2D eigenvalue weighted by molar-refractivity contribution is -0.150. The maximum atomic E-state index is 14.4. The fraction of sp³-hybridized carbons (Fsp3) is 0.607. The van der Waals surface area contributed by atoms with Crippen molar-refractivity contribution in [3.05, 3.63) is 45.8 Å². The average Bonchev–Trinajstić information content (AvgIpc) is 3.85. The number of nitrogens with zero attached hydrogens (tertiary/aromatic N) is 4. The van der Waals surface area contributed by atoms with E-state index in [0.717, 1.165) is 69.2 Å². The van der Waals surface area contributed by atoms with E-state index >= 15 is 0 Å². The number of halogens is 3. The fourth-order valence-electron chi connectivity index (χ4n) is 6.21. The van der Waals surface area contributed by atoms with E-state index in [1.54, 1.807) is 17.1 Å². The van der Waals surface area contributed by atoms with Crippen LogP contribution in [0.4, 0.5) is 4.39 Å². The van der Waals surface area contributed by atoms with Gasteiger partial charge in [0.25, 0.3) is 5.88 Å². The van der Waals surface area contributed by atoms with Crippen molar-refractivity contribution in [2.24, 2.45) is 11.3 Å². The summed E-state index contributed by atoms with van der Waals surface area (Å²) >= 11 is 12.9. The molecule has 0 aliphatic heterocycles. The molecule has 0 radical (unpaired) electrons. The molecule has 3 aromatic rings. The van der Waals surface area contributed by atoms with Crippen LogP contribution in [-0.2, 0) is 17.9 Å². The van der Waals surface area contributed by atoms with E-state index in [0.29, 0.717) is 46.4 Å². The van der Waals surface area contributed by atoms with E-state index in [2.05, 4.69) is 15.2 Å². The van der Waals surface area contributed by atoms with Crippen molar-refractivity contribution in [2.45, 2.75) is 88.9 Å². The summed E-state index contributed by atoms with van der Waals surface area (Å²) in [7, 11) is 0. The second-order valence-electron chi connectivity index (χ2n) is 11.8. The molecule has 202 valence electrons. The van der Waals surface area contributed by atoms with Crippen LogP contribution in [0.1, 0.15) is 81.4 Å². The van der Waals surface area contributed by atoms with Gasteiger partial charge in [-0.25, -0.2) is 0 Å². The molecule has 0 unspecified atom stereocenters. The summed E-state index contributed by atoms with van der Waals surface area (Å²) in [6, 6.07) is 0. The first-order valence-electron chi connectivity index (χ1n) is 13.7. The van der Waals surface area contributed by atoms with Crippen LogP contribution in [0, 0.1) is 17.2 Å². The van der Waals surface area contributed by atoms with Gasteiger partial charge in [-0.3, -0.25) is 9.67 Å². The van der Waals surface area contributed by atoms with Gasteiger partial charge in [-0.15, -0.1) is 5.10 Å². The quantitative estimate of drug-likeness (QED) is 0.258. The molecule has 5 saturated carbocycles. The van der Waals surface area contributed by atoms with E-state index in [-0.39, 0.29) is 22.7 Å². The molecular formula is C28H31Cl2FN4O3.